The van der Waals surface area contributed by atoms with E-state index in [9.17, 15) is 0 Å². The molecule has 8 heteroatoms. The Morgan fingerprint density at radius 1 is 1.06 bits per heavy atom. The van der Waals surface area contributed by atoms with Gasteiger partial charge in [0.1, 0.15) is 11.8 Å². The molecule has 0 amide bonds. The summed E-state index contributed by atoms with van der Waals surface area (Å²) in [6.07, 6.45) is 3.78. The summed E-state index contributed by atoms with van der Waals surface area (Å²) in [7, 11) is 0. The normalized spacial score (nSPS) is 15.7. The smallest absolute Gasteiger partial charge is 0.203 e. The topological polar surface area (TPSA) is 85.0 Å². The molecule has 3 aromatic rings. The van der Waals surface area contributed by atoms with E-state index < -0.39 is 0 Å². The minimum absolute atomic E-state index is 0.410. The number of piperidine rings is 1. The lowest BCUT2D eigenvalue weighted by molar-refractivity contribution is 0.182. The number of hydrogen-bond acceptors (Lipinski definition) is 7. The number of hydrogen-bond donors (Lipinski definition) is 3. The van der Waals surface area contributed by atoms with Crippen LogP contribution in [-0.2, 0) is 6.54 Å². The van der Waals surface area contributed by atoms with Crippen molar-refractivity contribution < 1.29 is 0 Å². The van der Waals surface area contributed by atoms with Crippen LogP contribution in [0.25, 0.3) is 11.2 Å². The Hall–Kier alpha value is -2.71. The first-order chi connectivity index (χ1) is 16.0. The van der Waals surface area contributed by atoms with Crippen LogP contribution in [0.3, 0.4) is 0 Å². The summed E-state index contributed by atoms with van der Waals surface area (Å²) < 4.78 is 0. The Labute approximate surface area is 197 Å². The van der Waals surface area contributed by atoms with E-state index in [4.69, 9.17) is 0 Å². The average molecular weight is 451 g/mol. The first kappa shape index (κ1) is 23.4. The number of imidazole rings is 1. The molecule has 1 saturated heterocycles. The van der Waals surface area contributed by atoms with Gasteiger partial charge in [0, 0.05) is 50.8 Å². The predicted molar refractivity (Wildman–Crippen MR) is 136 cm³/mol. The molecule has 8 nitrogen and oxygen atoms in total. The molecule has 3 heterocycles. The summed E-state index contributed by atoms with van der Waals surface area (Å²) >= 11 is 0. The third-order valence-electron chi connectivity index (χ3n) is 6.45. The number of benzene rings is 1. The van der Waals surface area contributed by atoms with Crippen molar-refractivity contribution in [1.82, 2.24) is 29.7 Å². The van der Waals surface area contributed by atoms with Crippen LogP contribution in [-0.4, -0.2) is 74.0 Å². The number of rotatable bonds is 10. The van der Waals surface area contributed by atoms with Gasteiger partial charge in [-0.1, -0.05) is 30.3 Å². The third-order valence-corrected chi connectivity index (χ3v) is 6.45. The van der Waals surface area contributed by atoms with Crippen LogP contribution in [0.2, 0.25) is 0 Å². The summed E-state index contributed by atoms with van der Waals surface area (Å²) in [6, 6.07) is 12.1. The molecule has 0 atom stereocenters. The maximum atomic E-state index is 4.67. The number of aromatic nitrogens is 4. The third kappa shape index (κ3) is 6.21. The highest BCUT2D eigenvalue weighted by Crippen LogP contribution is 2.21. The summed E-state index contributed by atoms with van der Waals surface area (Å²) in [6.45, 7) is 13.9. The number of nitrogens with zero attached hydrogens (tertiary/aromatic N) is 5. The number of H-pyrrole nitrogens is 1. The first-order valence-electron chi connectivity index (χ1n) is 12.2. The van der Waals surface area contributed by atoms with Gasteiger partial charge in [-0.25, -0.2) is 9.97 Å². The lowest BCUT2D eigenvalue weighted by atomic mass is 10.0. The molecule has 1 aliphatic rings. The lowest BCUT2D eigenvalue weighted by Gasteiger charge is -2.32. The van der Waals surface area contributed by atoms with Crippen molar-refractivity contribution in [3.63, 3.8) is 0 Å². The molecule has 4 rings (SSSR count). The highest BCUT2D eigenvalue weighted by atomic mass is 15.2. The van der Waals surface area contributed by atoms with Crippen LogP contribution in [0.15, 0.2) is 36.7 Å². The Morgan fingerprint density at radius 3 is 2.48 bits per heavy atom. The SMILES string of the molecule is CC(C)N(CCNc1ncnc2nc(NC3CCN(Cc4ccccc4)CC3)[nH]c12)C(C)C. The van der Waals surface area contributed by atoms with Crippen molar-refractivity contribution in [1.29, 1.82) is 0 Å². The number of nitrogens with one attached hydrogen (secondary N) is 3. The van der Waals surface area contributed by atoms with Gasteiger partial charge in [-0.3, -0.25) is 9.80 Å². The van der Waals surface area contributed by atoms with E-state index in [-0.39, 0.29) is 0 Å². The summed E-state index contributed by atoms with van der Waals surface area (Å²) in [5.41, 5.74) is 2.94. The highest BCUT2D eigenvalue weighted by molar-refractivity contribution is 5.84. The number of likely N-dealkylation sites (tertiary alicyclic amines) is 1. The minimum Gasteiger partial charge on any atom is -0.367 e. The molecule has 1 fully saturated rings. The van der Waals surface area contributed by atoms with Gasteiger partial charge in [0.25, 0.3) is 0 Å². The van der Waals surface area contributed by atoms with Gasteiger partial charge in [0.15, 0.2) is 11.5 Å². The maximum Gasteiger partial charge on any atom is 0.203 e. The second-order valence-electron chi connectivity index (χ2n) is 9.54. The van der Waals surface area contributed by atoms with Crippen molar-refractivity contribution in [3.05, 3.63) is 42.2 Å². The number of anilines is 2. The van der Waals surface area contributed by atoms with Crippen LogP contribution in [0.1, 0.15) is 46.1 Å². The zero-order valence-corrected chi connectivity index (χ0v) is 20.4. The molecular weight excluding hydrogens is 412 g/mol. The van der Waals surface area contributed by atoms with Gasteiger partial charge in [-0.15, -0.1) is 0 Å². The van der Waals surface area contributed by atoms with E-state index in [1.807, 2.05) is 0 Å². The quantitative estimate of drug-likeness (QED) is 0.431. The first-order valence-corrected chi connectivity index (χ1v) is 12.2. The van der Waals surface area contributed by atoms with E-state index in [1.165, 1.54) is 5.56 Å². The van der Waals surface area contributed by atoms with Gasteiger partial charge < -0.3 is 15.6 Å². The van der Waals surface area contributed by atoms with Crippen LogP contribution in [0, 0.1) is 0 Å². The molecule has 33 heavy (non-hydrogen) atoms. The van der Waals surface area contributed by atoms with Gasteiger partial charge >= 0.3 is 0 Å². The Bertz CT molecular complexity index is 984. The maximum absolute atomic E-state index is 4.67. The zero-order valence-electron chi connectivity index (χ0n) is 20.4. The standard InChI is InChI=1S/C25H38N8/c1-18(2)33(19(3)4)15-12-26-23-22-24(28-17-27-23)31-25(30-22)29-21-10-13-32(14-11-21)16-20-8-6-5-7-9-20/h5-9,17-19,21H,10-16H2,1-4H3,(H3,26,27,28,29,30,31). The molecule has 1 aromatic carbocycles. The van der Waals surface area contributed by atoms with Crippen LogP contribution in [0.4, 0.5) is 11.8 Å². The van der Waals surface area contributed by atoms with Gasteiger partial charge in [-0.05, 0) is 46.1 Å². The molecule has 3 N–H and O–H groups in total. The number of fused-ring (bicyclic) bond motifs is 1. The van der Waals surface area contributed by atoms with E-state index in [0.29, 0.717) is 23.8 Å². The fourth-order valence-corrected chi connectivity index (χ4v) is 4.72. The predicted octanol–water partition coefficient (Wildman–Crippen LogP) is 3.96. The molecule has 178 valence electrons. The fourth-order valence-electron chi connectivity index (χ4n) is 4.72. The summed E-state index contributed by atoms with van der Waals surface area (Å²) in [5.74, 6) is 1.59. The van der Waals surface area contributed by atoms with Gasteiger partial charge in [-0.2, -0.15) is 4.98 Å². The Balaban J connectivity index is 1.31. The molecule has 0 unspecified atom stereocenters. The van der Waals surface area contributed by atoms with E-state index >= 15 is 0 Å². The molecular formula is C25H38N8. The second-order valence-corrected chi connectivity index (χ2v) is 9.54. The van der Waals surface area contributed by atoms with Gasteiger partial charge in [0.05, 0.1) is 0 Å². The zero-order chi connectivity index (χ0) is 23.2. The van der Waals surface area contributed by atoms with Crippen molar-refractivity contribution >= 4 is 22.9 Å². The Kier molecular flexibility index (Phi) is 7.77. The van der Waals surface area contributed by atoms with Gasteiger partial charge in [0.2, 0.25) is 5.95 Å². The molecule has 1 aliphatic heterocycles. The molecule has 0 spiro atoms. The summed E-state index contributed by atoms with van der Waals surface area (Å²) in [5, 5.41) is 7.06. The van der Waals surface area contributed by atoms with Crippen molar-refractivity contribution in [2.75, 3.05) is 36.8 Å². The fraction of sp³-hybridized carbons (Fsp3) is 0.560. The largest absolute Gasteiger partial charge is 0.367 e. The summed E-state index contributed by atoms with van der Waals surface area (Å²) in [4.78, 5) is 21.9. The van der Waals surface area contributed by atoms with Crippen LogP contribution < -0.4 is 10.6 Å². The minimum atomic E-state index is 0.410. The van der Waals surface area contributed by atoms with Crippen LogP contribution in [0.5, 0.6) is 0 Å². The van der Waals surface area contributed by atoms with Crippen molar-refractivity contribution in [2.45, 2.75) is 65.2 Å². The molecule has 0 bridgehead atoms. The van der Waals surface area contributed by atoms with Crippen molar-refractivity contribution in [3.8, 4) is 0 Å². The molecule has 0 aliphatic carbocycles. The van der Waals surface area contributed by atoms with Crippen LogP contribution >= 0.6 is 0 Å². The molecule has 0 radical (unpaired) electrons. The monoisotopic (exact) mass is 450 g/mol. The lowest BCUT2D eigenvalue weighted by Crippen LogP contribution is -2.40. The second kappa shape index (κ2) is 10.9. The molecule has 2 aromatic heterocycles. The van der Waals surface area contributed by atoms with Crippen molar-refractivity contribution in [2.24, 2.45) is 0 Å². The van der Waals surface area contributed by atoms with E-state index in [1.54, 1.807) is 6.33 Å². The number of aromatic amines is 1. The average Bonchev–Trinajstić information content (AvgIpc) is 3.21. The molecule has 0 saturated carbocycles. The van der Waals surface area contributed by atoms with E-state index in [0.717, 1.165) is 62.8 Å². The Morgan fingerprint density at radius 2 is 1.79 bits per heavy atom. The van der Waals surface area contributed by atoms with E-state index in [2.05, 4.69) is 98.4 Å². The highest BCUT2D eigenvalue weighted by Gasteiger charge is 2.21.